The van der Waals surface area contributed by atoms with E-state index in [1.807, 2.05) is 6.21 Å². The average molecular weight is 180 g/mol. The molecule has 1 aliphatic heterocycles. The number of ether oxygens (including phenoxy) is 1. The molecule has 0 aromatic rings. The first-order valence-electron chi connectivity index (χ1n) is 4.90. The largest absolute Gasteiger partial charge is 0.499 e. The molecular formula is C10H16N2O. The molecule has 3 heteroatoms. The summed E-state index contributed by atoms with van der Waals surface area (Å²) >= 11 is 0. The Morgan fingerprint density at radius 2 is 2.38 bits per heavy atom. The fourth-order valence-corrected chi connectivity index (χ4v) is 1.44. The molecule has 13 heavy (non-hydrogen) atoms. The Balaban J connectivity index is 2.02. The van der Waals surface area contributed by atoms with E-state index < -0.39 is 0 Å². The predicted molar refractivity (Wildman–Crippen MR) is 53.0 cm³/mol. The van der Waals surface area contributed by atoms with Gasteiger partial charge in [0.25, 0.3) is 0 Å². The van der Waals surface area contributed by atoms with Crippen LogP contribution in [0.15, 0.2) is 16.3 Å². The monoisotopic (exact) mass is 180 g/mol. The summed E-state index contributed by atoms with van der Waals surface area (Å²) in [6.45, 7) is 1.89. The van der Waals surface area contributed by atoms with Gasteiger partial charge in [-0.25, -0.2) is 0 Å². The molecule has 0 amide bonds. The van der Waals surface area contributed by atoms with Crippen LogP contribution < -0.4 is 5.32 Å². The van der Waals surface area contributed by atoms with Crippen molar-refractivity contribution < 1.29 is 4.74 Å². The highest BCUT2D eigenvalue weighted by molar-refractivity contribution is 5.80. The van der Waals surface area contributed by atoms with E-state index in [1.165, 1.54) is 18.4 Å². The van der Waals surface area contributed by atoms with Gasteiger partial charge >= 0.3 is 0 Å². The first-order valence-corrected chi connectivity index (χ1v) is 4.90. The molecule has 0 atom stereocenters. The summed E-state index contributed by atoms with van der Waals surface area (Å²) in [6, 6.07) is 0.612. The second kappa shape index (κ2) is 3.92. The van der Waals surface area contributed by atoms with Gasteiger partial charge in [0.15, 0.2) is 0 Å². The van der Waals surface area contributed by atoms with Gasteiger partial charge in [-0.15, -0.1) is 0 Å². The summed E-state index contributed by atoms with van der Waals surface area (Å²) in [4.78, 5) is 4.47. The predicted octanol–water partition coefficient (Wildman–Crippen LogP) is 1.11. The van der Waals surface area contributed by atoms with Crippen molar-refractivity contribution in [1.82, 2.24) is 5.32 Å². The molecule has 2 rings (SSSR count). The van der Waals surface area contributed by atoms with E-state index >= 15 is 0 Å². The molecule has 2 aliphatic rings. The van der Waals surface area contributed by atoms with Gasteiger partial charge in [0.05, 0.1) is 19.7 Å². The van der Waals surface area contributed by atoms with Crippen molar-refractivity contribution in [2.24, 2.45) is 4.99 Å². The molecule has 0 saturated heterocycles. The number of aliphatic imine (C=N–C) groups is 1. The lowest BCUT2D eigenvalue weighted by molar-refractivity contribution is 0.270. The number of nitrogens with one attached hydrogen (secondary N) is 1. The highest BCUT2D eigenvalue weighted by Gasteiger charge is 2.19. The number of rotatable bonds is 3. The highest BCUT2D eigenvalue weighted by Crippen LogP contribution is 2.23. The van der Waals surface area contributed by atoms with Crippen molar-refractivity contribution in [3.63, 3.8) is 0 Å². The molecule has 1 N–H and O–H groups in total. The average Bonchev–Trinajstić information content (AvgIpc) is 2.99. The molecule has 1 aliphatic carbocycles. The summed E-state index contributed by atoms with van der Waals surface area (Å²) in [6.07, 6.45) is 5.59. The Hall–Kier alpha value is -0.830. The molecule has 3 nitrogen and oxygen atoms in total. The van der Waals surface area contributed by atoms with Crippen LogP contribution in [0.1, 0.15) is 19.3 Å². The smallest absolute Gasteiger partial charge is 0.114 e. The Labute approximate surface area is 78.9 Å². The number of methoxy groups -OCH3 is 1. The van der Waals surface area contributed by atoms with Gasteiger partial charge in [0.2, 0.25) is 0 Å². The fourth-order valence-electron chi connectivity index (χ4n) is 1.44. The van der Waals surface area contributed by atoms with Crippen LogP contribution in [0.3, 0.4) is 0 Å². The SMILES string of the molecule is COC1=C(/C=N/C2CC2)CCNC1. The Morgan fingerprint density at radius 3 is 3.08 bits per heavy atom. The molecule has 0 aromatic heterocycles. The zero-order chi connectivity index (χ0) is 9.10. The van der Waals surface area contributed by atoms with E-state index in [4.69, 9.17) is 4.74 Å². The van der Waals surface area contributed by atoms with Crippen LogP contribution >= 0.6 is 0 Å². The third kappa shape index (κ3) is 2.31. The summed E-state index contributed by atoms with van der Waals surface area (Å²) in [5.74, 6) is 1.05. The molecule has 1 fully saturated rings. The Bertz CT molecular complexity index is 241. The van der Waals surface area contributed by atoms with Crippen molar-refractivity contribution >= 4 is 6.21 Å². The maximum atomic E-state index is 5.28. The van der Waals surface area contributed by atoms with Crippen LogP contribution in [0.25, 0.3) is 0 Å². The van der Waals surface area contributed by atoms with E-state index in [-0.39, 0.29) is 0 Å². The minimum atomic E-state index is 0.612. The number of hydrogen-bond acceptors (Lipinski definition) is 3. The Kier molecular flexibility index (Phi) is 2.64. The van der Waals surface area contributed by atoms with Gasteiger partial charge < -0.3 is 10.1 Å². The van der Waals surface area contributed by atoms with Gasteiger partial charge in [-0.1, -0.05) is 0 Å². The van der Waals surface area contributed by atoms with Crippen LogP contribution in [0.4, 0.5) is 0 Å². The second-order valence-electron chi connectivity index (χ2n) is 3.59. The summed E-state index contributed by atoms with van der Waals surface area (Å²) in [5.41, 5.74) is 1.27. The van der Waals surface area contributed by atoms with E-state index in [1.54, 1.807) is 7.11 Å². The number of nitrogens with zero attached hydrogens (tertiary/aromatic N) is 1. The molecule has 0 spiro atoms. The molecule has 0 aromatic carbocycles. The van der Waals surface area contributed by atoms with Crippen molar-refractivity contribution in [2.45, 2.75) is 25.3 Å². The van der Waals surface area contributed by atoms with Crippen LogP contribution in [-0.2, 0) is 4.74 Å². The van der Waals surface area contributed by atoms with Crippen molar-refractivity contribution in [3.8, 4) is 0 Å². The molecule has 0 radical (unpaired) electrons. The first kappa shape index (κ1) is 8.75. The van der Waals surface area contributed by atoms with E-state index in [0.717, 1.165) is 25.3 Å². The third-order valence-electron chi connectivity index (χ3n) is 2.45. The normalized spacial score (nSPS) is 24.1. The van der Waals surface area contributed by atoms with Gasteiger partial charge in [-0.05, 0) is 25.8 Å². The highest BCUT2D eigenvalue weighted by atomic mass is 16.5. The zero-order valence-corrected chi connectivity index (χ0v) is 8.05. The lowest BCUT2D eigenvalue weighted by atomic mass is 10.1. The van der Waals surface area contributed by atoms with Crippen LogP contribution in [0, 0.1) is 0 Å². The first-order chi connectivity index (χ1) is 6.40. The minimum absolute atomic E-state index is 0.612. The lowest BCUT2D eigenvalue weighted by Gasteiger charge is -2.17. The standard InChI is InChI=1S/C10H16N2O/c1-13-10-7-11-5-4-8(10)6-12-9-2-3-9/h6,9,11H,2-5,7H2,1H3/b12-6+. The Morgan fingerprint density at radius 1 is 1.54 bits per heavy atom. The van der Waals surface area contributed by atoms with E-state index in [2.05, 4.69) is 10.3 Å². The molecular weight excluding hydrogens is 164 g/mol. The van der Waals surface area contributed by atoms with Crippen molar-refractivity contribution in [2.75, 3.05) is 20.2 Å². The lowest BCUT2D eigenvalue weighted by Crippen LogP contribution is -2.26. The van der Waals surface area contributed by atoms with Crippen molar-refractivity contribution in [3.05, 3.63) is 11.3 Å². The molecule has 1 heterocycles. The van der Waals surface area contributed by atoms with Crippen LogP contribution in [0.5, 0.6) is 0 Å². The zero-order valence-electron chi connectivity index (χ0n) is 8.05. The minimum Gasteiger partial charge on any atom is -0.499 e. The fraction of sp³-hybridized carbons (Fsp3) is 0.700. The van der Waals surface area contributed by atoms with E-state index in [0.29, 0.717) is 6.04 Å². The van der Waals surface area contributed by atoms with Crippen molar-refractivity contribution in [1.29, 1.82) is 0 Å². The topological polar surface area (TPSA) is 33.6 Å². The van der Waals surface area contributed by atoms with Gasteiger partial charge in [0.1, 0.15) is 5.76 Å². The van der Waals surface area contributed by atoms with Gasteiger partial charge in [0, 0.05) is 11.8 Å². The maximum Gasteiger partial charge on any atom is 0.114 e. The van der Waals surface area contributed by atoms with E-state index in [9.17, 15) is 0 Å². The molecule has 72 valence electrons. The second-order valence-corrected chi connectivity index (χ2v) is 3.59. The molecule has 0 bridgehead atoms. The summed E-state index contributed by atoms with van der Waals surface area (Å²) in [7, 11) is 1.73. The molecule has 1 saturated carbocycles. The van der Waals surface area contributed by atoms with Crippen LogP contribution in [-0.4, -0.2) is 32.5 Å². The summed E-state index contributed by atoms with van der Waals surface area (Å²) < 4.78 is 5.28. The van der Waals surface area contributed by atoms with Gasteiger partial charge in [-0.2, -0.15) is 0 Å². The summed E-state index contributed by atoms with van der Waals surface area (Å²) in [5, 5.41) is 3.27. The van der Waals surface area contributed by atoms with Crippen LogP contribution in [0.2, 0.25) is 0 Å². The third-order valence-corrected chi connectivity index (χ3v) is 2.45. The van der Waals surface area contributed by atoms with Gasteiger partial charge in [-0.3, -0.25) is 4.99 Å². The maximum absolute atomic E-state index is 5.28. The number of hydrogen-bond donors (Lipinski definition) is 1. The quantitative estimate of drug-likeness (QED) is 0.660. The molecule has 0 unspecified atom stereocenters.